The van der Waals surface area contributed by atoms with Crippen LogP contribution in [0.4, 0.5) is 0 Å². The van der Waals surface area contributed by atoms with Gasteiger partial charge in [0.2, 0.25) is 0 Å². The molecule has 2 unspecified atom stereocenters. The molecule has 2 atom stereocenters. The molecule has 1 aromatic heterocycles. The Balaban J connectivity index is 1.18. The predicted molar refractivity (Wildman–Crippen MR) is 185 cm³/mol. The number of fused-ring (bicyclic) bond motifs is 6. The Morgan fingerprint density at radius 1 is 0.556 bits per heavy atom. The van der Waals surface area contributed by atoms with Crippen LogP contribution in [0.2, 0.25) is 0 Å². The maximum atomic E-state index is 6.69. The van der Waals surface area contributed by atoms with Gasteiger partial charge in [0.05, 0.1) is 0 Å². The van der Waals surface area contributed by atoms with E-state index in [1.165, 1.54) is 21.5 Å². The molecule has 2 heterocycles. The van der Waals surface area contributed by atoms with Crippen molar-refractivity contribution < 1.29 is 4.42 Å². The second kappa shape index (κ2) is 10.5. The minimum atomic E-state index is -0.203. The van der Waals surface area contributed by atoms with Gasteiger partial charge < -0.3 is 9.73 Å². The van der Waals surface area contributed by atoms with Gasteiger partial charge in [-0.05, 0) is 44.8 Å². The van der Waals surface area contributed by atoms with Gasteiger partial charge in [-0.1, -0.05) is 140 Å². The first kappa shape index (κ1) is 25.8. The summed E-state index contributed by atoms with van der Waals surface area (Å²) in [5.41, 5.74) is 7.28. The predicted octanol–water partition coefficient (Wildman–Crippen LogP) is 9.90. The van der Waals surface area contributed by atoms with E-state index in [2.05, 4.69) is 150 Å². The smallest absolute Gasteiger partial charge is 0.143 e. The van der Waals surface area contributed by atoms with Crippen LogP contribution in [-0.4, -0.2) is 5.84 Å². The molecule has 0 amide bonds. The molecular weight excluding hydrogens is 550 g/mol. The minimum Gasteiger partial charge on any atom is -0.455 e. The molecular formula is C41H29N3O. The zero-order chi connectivity index (χ0) is 29.7. The normalized spacial score (nSPS) is 16.7. The first-order chi connectivity index (χ1) is 22.3. The van der Waals surface area contributed by atoms with Crippen LogP contribution in [0.25, 0.3) is 54.6 Å². The lowest BCUT2D eigenvalue weighted by Gasteiger charge is -2.32. The van der Waals surface area contributed by atoms with Crippen LogP contribution < -0.4 is 10.6 Å². The Hall–Kier alpha value is -5.71. The molecule has 1 aliphatic heterocycles. The SMILES string of the molecule is c1ccc(C2=NC(c3ccccc3)NC(c3cccc4oc5c(-c6ccc7c(ccc8ccccc87)c6)cccc5c34)N2)cc1. The number of benzene rings is 7. The first-order valence-corrected chi connectivity index (χ1v) is 15.4. The molecule has 9 rings (SSSR count). The molecule has 0 fully saturated rings. The fraction of sp³-hybridized carbons (Fsp3) is 0.0488. The van der Waals surface area contributed by atoms with E-state index in [1.54, 1.807) is 0 Å². The number of nitrogens with one attached hydrogen (secondary N) is 2. The number of hydrogen-bond donors (Lipinski definition) is 2. The van der Waals surface area contributed by atoms with Crippen molar-refractivity contribution in [3.8, 4) is 11.1 Å². The quantitative estimate of drug-likeness (QED) is 0.204. The maximum absolute atomic E-state index is 6.69. The molecule has 0 spiro atoms. The number of rotatable bonds is 4. The molecule has 0 radical (unpaired) electrons. The summed E-state index contributed by atoms with van der Waals surface area (Å²) in [7, 11) is 0. The number of amidine groups is 1. The zero-order valence-corrected chi connectivity index (χ0v) is 24.4. The van der Waals surface area contributed by atoms with E-state index in [9.17, 15) is 0 Å². The number of furan rings is 1. The highest BCUT2D eigenvalue weighted by atomic mass is 16.3. The van der Waals surface area contributed by atoms with Crippen LogP contribution >= 0.6 is 0 Å². The Morgan fingerprint density at radius 2 is 1.29 bits per heavy atom. The molecule has 214 valence electrons. The van der Waals surface area contributed by atoms with Gasteiger partial charge in [-0.2, -0.15) is 0 Å². The van der Waals surface area contributed by atoms with Crippen LogP contribution in [0.5, 0.6) is 0 Å². The fourth-order valence-corrected chi connectivity index (χ4v) is 6.79. The van der Waals surface area contributed by atoms with Crippen LogP contribution in [-0.2, 0) is 0 Å². The summed E-state index contributed by atoms with van der Waals surface area (Å²) in [4.78, 5) is 5.10. The Morgan fingerprint density at radius 3 is 2.18 bits per heavy atom. The van der Waals surface area contributed by atoms with Gasteiger partial charge in [0, 0.05) is 27.5 Å². The Bertz CT molecular complexity index is 2390. The van der Waals surface area contributed by atoms with Crippen LogP contribution in [0.1, 0.15) is 29.0 Å². The second-order valence-electron chi connectivity index (χ2n) is 11.6. The highest BCUT2D eigenvalue weighted by Gasteiger charge is 2.28. The average molecular weight is 580 g/mol. The summed E-state index contributed by atoms with van der Waals surface area (Å²) in [6.45, 7) is 0. The second-order valence-corrected chi connectivity index (χ2v) is 11.6. The largest absolute Gasteiger partial charge is 0.455 e. The maximum Gasteiger partial charge on any atom is 0.143 e. The minimum absolute atomic E-state index is 0.190. The lowest BCUT2D eigenvalue weighted by atomic mass is 9.96. The van der Waals surface area contributed by atoms with Gasteiger partial charge in [0.15, 0.2) is 0 Å². The van der Waals surface area contributed by atoms with Crippen molar-refractivity contribution in [1.29, 1.82) is 0 Å². The summed E-state index contributed by atoms with van der Waals surface area (Å²) in [6.07, 6.45) is -0.393. The summed E-state index contributed by atoms with van der Waals surface area (Å²) in [5, 5.41) is 14.7. The lowest BCUT2D eigenvalue weighted by Crippen LogP contribution is -2.45. The number of hydrogen-bond acceptors (Lipinski definition) is 4. The third kappa shape index (κ3) is 4.38. The molecule has 4 nitrogen and oxygen atoms in total. The van der Waals surface area contributed by atoms with Crippen LogP contribution in [0.3, 0.4) is 0 Å². The number of nitrogens with zero attached hydrogens (tertiary/aromatic N) is 1. The van der Waals surface area contributed by atoms with Gasteiger partial charge in [-0.3, -0.25) is 5.32 Å². The van der Waals surface area contributed by atoms with Crippen molar-refractivity contribution in [2.75, 3.05) is 0 Å². The molecule has 0 saturated heterocycles. The van der Waals surface area contributed by atoms with Gasteiger partial charge in [-0.25, -0.2) is 4.99 Å². The van der Waals surface area contributed by atoms with Crippen molar-refractivity contribution in [1.82, 2.24) is 10.6 Å². The monoisotopic (exact) mass is 579 g/mol. The Labute approximate surface area is 260 Å². The summed E-state index contributed by atoms with van der Waals surface area (Å²) in [6, 6.07) is 53.3. The fourth-order valence-electron chi connectivity index (χ4n) is 6.79. The van der Waals surface area contributed by atoms with Crippen molar-refractivity contribution in [3.63, 3.8) is 0 Å². The molecule has 0 aliphatic carbocycles. The molecule has 45 heavy (non-hydrogen) atoms. The highest BCUT2D eigenvalue weighted by molar-refractivity contribution is 6.13. The van der Waals surface area contributed by atoms with E-state index >= 15 is 0 Å². The van der Waals surface area contributed by atoms with Crippen molar-refractivity contribution in [3.05, 3.63) is 168 Å². The molecule has 8 aromatic rings. The van der Waals surface area contributed by atoms with E-state index in [-0.39, 0.29) is 12.3 Å². The van der Waals surface area contributed by atoms with E-state index in [4.69, 9.17) is 9.41 Å². The van der Waals surface area contributed by atoms with Crippen molar-refractivity contribution in [2.45, 2.75) is 12.3 Å². The van der Waals surface area contributed by atoms with Crippen molar-refractivity contribution in [2.24, 2.45) is 4.99 Å². The van der Waals surface area contributed by atoms with E-state index in [1.807, 2.05) is 12.1 Å². The summed E-state index contributed by atoms with van der Waals surface area (Å²) >= 11 is 0. The zero-order valence-electron chi connectivity index (χ0n) is 24.4. The summed E-state index contributed by atoms with van der Waals surface area (Å²) < 4.78 is 6.69. The third-order valence-corrected chi connectivity index (χ3v) is 8.95. The van der Waals surface area contributed by atoms with E-state index in [0.717, 1.165) is 55.6 Å². The number of para-hydroxylation sites is 1. The lowest BCUT2D eigenvalue weighted by molar-refractivity contribution is 0.411. The Kier molecular flexibility index (Phi) is 6.00. The first-order valence-electron chi connectivity index (χ1n) is 15.4. The molecule has 0 bridgehead atoms. The standard InChI is InChI=1S/C41H29N3O/c1-3-12-27(13-4-1)39-42-40(28-14-5-2-6-15-28)44-41(43-39)35-19-10-20-36-37(35)34-18-9-17-33(38(34)45-36)30-23-24-32-29(25-30)22-21-26-11-7-8-16-31(26)32/h1-25,39,41,43H,(H,42,44). The van der Waals surface area contributed by atoms with Gasteiger partial charge >= 0.3 is 0 Å². The highest BCUT2D eigenvalue weighted by Crippen LogP contribution is 2.40. The van der Waals surface area contributed by atoms with E-state index in [0.29, 0.717) is 0 Å². The average Bonchev–Trinajstić information content (AvgIpc) is 3.51. The van der Waals surface area contributed by atoms with Gasteiger partial charge in [0.1, 0.15) is 29.3 Å². The van der Waals surface area contributed by atoms with Gasteiger partial charge in [0.25, 0.3) is 0 Å². The molecule has 2 N–H and O–H groups in total. The molecule has 1 aliphatic rings. The topological polar surface area (TPSA) is 49.6 Å². The van der Waals surface area contributed by atoms with Gasteiger partial charge in [-0.15, -0.1) is 0 Å². The molecule has 4 heteroatoms. The van der Waals surface area contributed by atoms with Crippen LogP contribution in [0, 0.1) is 0 Å². The number of aliphatic imine (C=N–C) groups is 1. The molecule has 0 saturated carbocycles. The van der Waals surface area contributed by atoms with Crippen molar-refractivity contribution >= 4 is 49.3 Å². The summed E-state index contributed by atoms with van der Waals surface area (Å²) in [5.74, 6) is 0.863. The third-order valence-electron chi connectivity index (χ3n) is 8.95. The van der Waals surface area contributed by atoms with E-state index < -0.39 is 0 Å². The van der Waals surface area contributed by atoms with Crippen LogP contribution in [0.15, 0.2) is 161 Å². The molecule has 7 aromatic carbocycles.